The van der Waals surface area contributed by atoms with Gasteiger partial charge in [0.1, 0.15) is 17.5 Å². The van der Waals surface area contributed by atoms with E-state index in [1.165, 1.54) is 24.8 Å². The van der Waals surface area contributed by atoms with Gasteiger partial charge in [-0.05, 0) is 50.3 Å². The Labute approximate surface area is 142 Å². The van der Waals surface area contributed by atoms with E-state index in [2.05, 4.69) is 32.3 Å². The Morgan fingerprint density at radius 3 is 2.74 bits per heavy atom. The number of aromatic nitrogens is 2. The molecular formula is C18H23ClN4. The summed E-state index contributed by atoms with van der Waals surface area (Å²) in [7, 11) is 0. The van der Waals surface area contributed by atoms with Crippen molar-refractivity contribution in [3.63, 3.8) is 0 Å². The Morgan fingerprint density at radius 1 is 1.13 bits per heavy atom. The zero-order valence-corrected chi connectivity index (χ0v) is 14.3. The van der Waals surface area contributed by atoms with E-state index >= 15 is 0 Å². The molecule has 0 unspecified atom stereocenters. The summed E-state index contributed by atoms with van der Waals surface area (Å²) in [5.74, 6) is 2.76. The molecule has 1 aliphatic heterocycles. The number of rotatable bonds is 5. The zero-order chi connectivity index (χ0) is 16.1. The molecule has 1 aromatic carbocycles. The van der Waals surface area contributed by atoms with Gasteiger partial charge in [-0.2, -0.15) is 0 Å². The topological polar surface area (TPSA) is 41.1 Å². The lowest BCUT2D eigenvalue weighted by atomic mass is 10.1. The molecule has 1 saturated heterocycles. The van der Waals surface area contributed by atoms with Crippen LogP contribution in [0.2, 0.25) is 5.02 Å². The molecule has 23 heavy (non-hydrogen) atoms. The Morgan fingerprint density at radius 2 is 1.96 bits per heavy atom. The molecule has 4 nitrogen and oxygen atoms in total. The van der Waals surface area contributed by atoms with Gasteiger partial charge in [0, 0.05) is 30.7 Å². The SMILES string of the molecule is Cc1nc(NCCc2cccc(Cl)c2)cc(N2CCCCC2)n1. The third-order valence-corrected chi connectivity index (χ3v) is 4.35. The molecule has 0 saturated carbocycles. The molecule has 1 fully saturated rings. The number of piperidine rings is 1. The molecule has 0 amide bonds. The van der Waals surface area contributed by atoms with Crippen LogP contribution >= 0.6 is 11.6 Å². The molecule has 0 spiro atoms. The van der Waals surface area contributed by atoms with Gasteiger partial charge in [-0.1, -0.05) is 23.7 Å². The lowest BCUT2D eigenvalue weighted by Crippen LogP contribution is -2.30. The molecular weight excluding hydrogens is 308 g/mol. The second kappa shape index (κ2) is 7.64. The van der Waals surface area contributed by atoms with Gasteiger partial charge < -0.3 is 10.2 Å². The Hall–Kier alpha value is -1.81. The molecule has 5 heteroatoms. The van der Waals surface area contributed by atoms with Crippen LogP contribution in [0.5, 0.6) is 0 Å². The minimum atomic E-state index is 0.785. The first-order chi connectivity index (χ1) is 11.2. The Bertz CT molecular complexity index is 653. The van der Waals surface area contributed by atoms with Crippen molar-refractivity contribution in [1.29, 1.82) is 0 Å². The Kier molecular flexibility index (Phi) is 5.34. The molecule has 2 heterocycles. The van der Waals surface area contributed by atoms with Crippen LogP contribution in [-0.4, -0.2) is 29.6 Å². The molecule has 3 rings (SSSR count). The normalized spacial score (nSPS) is 14.8. The maximum Gasteiger partial charge on any atom is 0.134 e. The highest BCUT2D eigenvalue weighted by Crippen LogP contribution is 2.20. The fourth-order valence-electron chi connectivity index (χ4n) is 2.95. The van der Waals surface area contributed by atoms with Crippen LogP contribution in [0.15, 0.2) is 30.3 Å². The maximum atomic E-state index is 6.02. The van der Waals surface area contributed by atoms with E-state index in [0.717, 1.165) is 48.5 Å². The van der Waals surface area contributed by atoms with Gasteiger partial charge in [-0.3, -0.25) is 0 Å². The van der Waals surface area contributed by atoms with Crippen LogP contribution in [0, 0.1) is 6.92 Å². The highest BCUT2D eigenvalue weighted by Gasteiger charge is 2.13. The van der Waals surface area contributed by atoms with E-state index in [4.69, 9.17) is 11.6 Å². The molecule has 1 aliphatic rings. The average Bonchev–Trinajstić information content (AvgIpc) is 2.55. The van der Waals surface area contributed by atoms with Crippen LogP contribution in [0.3, 0.4) is 0 Å². The van der Waals surface area contributed by atoms with Gasteiger partial charge in [0.2, 0.25) is 0 Å². The minimum Gasteiger partial charge on any atom is -0.370 e. The second-order valence-electron chi connectivity index (χ2n) is 6.01. The largest absolute Gasteiger partial charge is 0.370 e. The predicted molar refractivity (Wildman–Crippen MR) is 96.5 cm³/mol. The van der Waals surface area contributed by atoms with Crippen molar-refractivity contribution in [2.24, 2.45) is 0 Å². The molecule has 1 N–H and O–H groups in total. The molecule has 2 aromatic rings. The van der Waals surface area contributed by atoms with Gasteiger partial charge in [0.15, 0.2) is 0 Å². The molecule has 1 aromatic heterocycles. The van der Waals surface area contributed by atoms with Gasteiger partial charge in [-0.25, -0.2) is 9.97 Å². The standard InChI is InChI=1S/C18H23ClN4/c1-14-21-17(13-18(22-14)23-10-3-2-4-11-23)20-9-8-15-6-5-7-16(19)12-15/h5-7,12-13H,2-4,8-11H2,1H3,(H,20,21,22). The van der Waals surface area contributed by atoms with E-state index in [0.29, 0.717) is 0 Å². The zero-order valence-electron chi connectivity index (χ0n) is 13.6. The summed E-state index contributed by atoms with van der Waals surface area (Å²) in [6.07, 6.45) is 4.75. The number of benzene rings is 1. The number of anilines is 2. The summed E-state index contributed by atoms with van der Waals surface area (Å²) in [5.41, 5.74) is 1.23. The first-order valence-corrected chi connectivity index (χ1v) is 8.67. The van der Waals surface area contributed by atoms with Gasteiger partial charge in [-0.15, -0.1) is 0 Å². The van der Waals surface area contributed by atoms with Crippen LogP contribution in [0.4, 0.5) is 11.6 Å². The number of hydrogen-bond acceptors (Lipinski definition) is 4. The molecule has 0 radical (unpaired) electrons. The summed E-state index contributed by atoms with van der Waals surface area (Å²) in [5, 5.41) is 4.20. The lowest BCUT2D eigenvalue weighted by molar-refractivity contribution is 0.572. The highest BCUT2D eigenvalue weighted by molar-refractivity contribution is 6.30. The number of halogens is 1. The van der Waals surface area contributed by atoms with Crippen LogP contribution in [-0.2, 0) is 6.42 Å². The lowest BCUT2D eigenvalue weighted by Gasteiger charge is -2.28. The smallest absolute Gasteiger partial charge is 0.134 e. The summed E-state index contributed by atoms with van der Waals surface area (Å²) >= 11 is 6.02. The van der Waals surface area contributed by atoms with Crippen molar-refractivity contribution < 1.29 is 0 Å². The van der Waals surface area contributed by atoms with Gasteiger partial charge in [0.25, 0.3) is 0 Å². The monoisotopic (exact) mass is 330 g/mol. The Balaban J connectivity index is 1.62. The van der Waals surface area contributed by atoms with Crippen molar-refractivity contribution in [2.75, 3.05) is 29.9 Å². The van der Waals surface area contributed by atoms with E-state index in [1.807, 2.05) is 25.1 Å². The van der Waals surface area contributed by atoms with Gasteiger partial charge in [0.05, 0.1) is 0 Å². The maximum absolute atomic E-state index is 6.02. The van der Waals surface area contributed by atoms with Crippen molar-refractivity contribution in [2.45, 2.75) is 32.6 Å². The average molecular weight is 331 g/mol. The molecule has 122 valence electrons. The van der Waals surface area contributed by atoms with Crippen molar-refractivity contribution >= 4 is 23.2 Å². The van der Waals surface area contributed by atoms with Crippen molar-refractivity contribution in [3.05, 3.63) is 46.7 Å². The summed E-state index contributed by atoms with van der Waals surface area (Å²) in [4.78, 5) is 11.5. The summed E-state index contributed by atoms with van der Waals surface area (Å²) in [6.45, 7) is 4.97. The van der Waals surface area contributed by atoms with Crippen molar-refractivity contribution in [1.82, 2.24) is 9.97 Å². The van der Waals surface area contributed by atoms with E-state index in [-0.39, 0.29) is 0 Å². The highest BCUT2D eigenvalue weighted by atomic mass is 35.5. The first kappa shape index (κ1) is 16.1. The first-order valence-electron chi connectivity index (χ1n) is 8.30. The van der Waals surface area contributed by atoms with Crippen LogP contribution < -0.4 is 10.2 Å². The summed E-state index contributed by atoms with van der Waals surface area (Å²) in [6, 6.07) is 10.1. The van der Waals surface area contributed by atoms with E-state index in [1.54, 1.807) is 0 Å². The fraction of sp³-hybridized carbons (Fsp3) is 0.444. The number of hydrogen-bond donors (Lipinski definition) is 1. The quantitative estimate of drug-likeness (QED) is 0.896. The third-order valence-electron chi connectivity index (χ3n) is 4.11. The van der Waals surface area contributed by atoms with E-state index < -0.39 is 0 Å². The molecule has 0 bridgehead atoms. The second-order valence-corrected chi connectivity index (χ2v) is 6.45. The van der Waals surface area contributed by atoms with E-state index in [9.17, 15) is 0 Å². The van der Waals surface area contributed by atoms with Crippen LogP contribution in [0.25, 0.3) is 0 Å². The number of aryl methyl sites for hydroxylation is 1. The fourth-order valence-corrected chi connectivity index (χ4v) is 3.17. The summed E-state index contributed by atoms with van der Waals surface area (Å²) < 4.78 is 0. The number of nitrogens with one attached hydrogen (secondary N) is 1. The molecule has 0 atom stereocenters. The van der Waals surface area contributed by atoms with Crippen LogP contribution in [0.1, 0.15) is 30.7 Å². The minimum absolute atomic E-state index is 0.785. The predicted octanol–water partition coefficient (Wildman–Crippen LogP) is 4.08. The van der Waals surface area contributed by atoms with Gasteiger partial charge >= 0.3 is 0 Å². The third kappa shape index (κ3) is 4.58. The molecule has 0 aliphatic carbocycles. The number of nitrogens with zero attached hydrogens (tertiary/aromatic N) is 3. The van der Waals surface area contributed by atoms with Crippen molar-refractivity contribution in [3.8, 4) is 0 Å².